The van der Waals surface area contributed by atoms with E-state index in [4.69, 9.17) is 0 Å². The molecule has 1 saturated heterocycles. The normalized spacial score (nSPS) is 21.1. The molecule has 2 aliphatic heterocycles. The molecule has 0 aliphatic carbocycles. The number of carboxylic acids is 2. The summed E-state index contributed by atoms with van der Waals surface area (Å²) in [4.78, 5) is 59.0. The highest BCUT2D eigenvalue weighted by molar-refractivity contribution is 7.80. The van der Waals surface area contributed by atoms with Crippen LogP contribution in [0.25, 0.3) is 18.2 Å². The van der Waals surface area contributed by atoms with Crippen LogP contribution < -0.4 is 16.0 Å². The summed E-state index contributed by atoms with van der Waals surface area (Å²) < 4.78 is 0. The van der Waals surface area contributed by atoms with E-state index in [1.807, 2.05) is 59.8 Å². The number of aliphatic carboxylic acids is 2. The summed E-state index contributed by atoms with van der Waals surface area (Å²) in [5.41, 5.74) is 7.56. The molecule has 0 unspecified atom stereocenters. The number of hydrogen-bond donors (Lipinski definition) is 6. The number of carbonyl (C=O) groups is 4. The van der Waals surface area contributed by atoms with Crippen molar-refractivity contribution in [3.05, 3.63) is 61.2 Å². The molecule has 1 fully saturated rings. The number of carboxylic acid groups (broad SMARTS) is 2. The van der Waals surface area contributed by atoms with Gasteiger partial charge < -0.3 is 25.5 Å². The van der Waals surface area contributed by atoms with Gasteiger partial charge in [-0.15, -0.1) is 0 Å². The van der Waals surface area contributed by atoms with Crippen molar-refractivity contribution in [1.82, 2.24) is 15.3 Å². The monoisotopic (exact) mass is 620 g/mol. The molecule has 0 aromatic carbocycles. The molecule has 0 radical (unpaired) electrons. The lowest BCUT2D eigenvalue weighted by Gasteiger charge is -2.17. The van der Waals surface area contributed by atoms with Gasteiger partial charge in [0.1, 0.15) is 0 Å². The highest BCUT2D eigenvalue weighted by Gasteiger charge is 2.37. The molecule has 11 heteroatoms. The maximum Gasteiger partial charge on any atom is 0.303 e. The largest absolute Gasteiger partial charge is 0.481 e. The third kappa shape index (κ3) is 6.67. The molecular weight excluding hydrogens is 580 g/mol. The summed E-state index contributed by atoms with van der Waals surface area (Å²) in [6, 6.07) is 0. The second-order valence-corrected chi connectivity index (χ2v) is 12.4. The minimum absolute atomic E-state index is 0.0667. The first kappa shape index (κ1) is 32.8. The smallest absolute Gasteiger partial charge is 0.303 e. The van der Waals surface area contributed by atoms with Gasteiger partial charge in [0.2, 0.25) is 5.91 Å². The van der Waals surface area contributed by atoms with Gasteiger partial charge in [-0.05, 0) is 86.1 Å². The standard InChI is InChI=1S/C33H40N4O6S/c1-7-20-15(2)25(36-33(20)43)12-23-16(3)21(8-10-29(38)39)26(34-23)14-27-22(9-11-30(40)41)17(4)24(35-27)13-28-31(19(6)44)18(5)32(42)37-28/h12-14,18-19,31,34-35,44H,7-11H2,1-6H3,(H,37,42)(H,38,39)(H,40,41)/b23-12+,26-14-,28-13-/t18-,19-,31+/m1/s1. The van der Waals surface area contributed by atoms with Crippen LogP contribution in [0.5, 0.6) is 0 Å². The average Bonchev–Trinajstić information content (AvgIpc) is 3.59. The zero-order valence-corrected chi connectivity index (χ0v) is 26.8. The number of aromatic nitrogens is 2. The fraction of sp³-hybridized carbons (Fsp3) is 0.424. The lowest BCUT2D eigenvalue weighted by atomic mass is 9.91. The van der Waals surface area contributed by atoms with Gasteiger partial charge in [-0.1, -0.05) is 20.8 Å². The molecule has 234 valence electrons. The van der Waals surface area contributed by atoms with Crippen LogP contribution in [0.15, 0.2) is 21.8 Å². The van der Waals surface area contributed by atoms with Gasteiger partial charge in [0.25, 0.3) is 5.91 Å². The van der Waals surface area contributed by atoms with Crippen molar-refractivity contribution in [3.8, 4) is 0 Å². The number of allylic oxidation sites excluding steroid dienone is 2. The topological polar surface area (TPSA) is 165 Å². The van der Waals surface area contributed by atoms with E-state index in [1.54, 1.807) is 0 Å². The number of H-pyrrole nitrogens is 2. The number of nitrogens with zero attached hydrogens (tertiary/aromatic N) is 1. The Morgan fingerprint density at radius 1 is 0.932 bits per heavy atom. The van der Waals surface area contributed by atoms with Crippen molar-refractivity contribution in [2.75, 3.05) is 0 Å². The SMILES string of the molecule is CCC1=C(C)C(/C=c2/[nH]/c(=C\c3[nH]c(/C=C4\NC(=O)[C@H](C)[C@H]4[C@@H](C)S)c(C)c3CCC(=O)O)c(CCC(=O)O)c2C)=NC1=O. The predicted octanol–water partition coefficient (Wildman–Crippen LogP) is 3.35. The van der Waals surface area contributed by atoms with Crippen LogP contribution >= 0.6 is 12.6 Å². The molecule has 4 rings (SSSR count). The number of aromatic amines is 2. The summed E-state index contributed by atoms with van der Waals surface area (Å²) >= 11 is 4.62. The van der Waals surface area contributed by atoms with Crippen LogP contribution in [0, 0.1) is 25.7 Å². The summed E-state index contributed by atoms with van der Waals surface area (Å²) in [6.45, 7) is 11.4. The molecule has 10 nitrogen and oxygen atoms in total. The molecule has 3 atom stereocenters. The quantitative estimate of drug-likeness (QED) is 0.211. The van der Waals surface area contributed by atoms with Gasteiger partial charge in [-0.2, -0.15) is 12.6 Å². The predicted molar refractivity (Wildman–Crippen MR) is 173 cm³/mol. The maximum absolute atomic E-state index is 12.5. The number of nitrogens with one attached hydrogen (secondary N) is 3. The Morgan fingerprint density at radius 2 is 1.57 bits per heavy atom. The number of amides is 2. The fourth-order valence-electron chi connectivity index (χ4n) is 6.15. The van der Waals surface area contributed by atoms with E-state index >= 15 is 0 Å². The zero-order chi connectivity index (χ0) is 32.5. The van der Waals surface area contributed by atoms with E-state index in [9.17, 15) is 29.4 Å². The Bertz CT molecular complexity index is 1750. The molecule has 5 N–H and O–H groups in total. The summed E-state index contributed by atoms with van der Waals surface area (Å²) in [5.74, 6) is -2.50. The molecule has 4 heterocycles. The van der Waals surface area contributed by atoms with E-state index in [1.165, 1.54) is 0 Å². The number of carbonyl (C=O) groups excluding carboxylic acids is 2. The van der Waals surface area contributed by atoms with E-state index in [-0.39, 0.29) is 54.6 Å². The first-order chi connectivity index (χ1) is 20.7. The van der Waals surface area contributed by atoms with Gasteiger partial charge in [-0.3, -0.25) is 19.2 Å². The van der Waals surface area contributed by atoms with Crippen molar-refractivity contribution < 1.29 is 29.4 Å². The lowest BCUT2D eigenvalue weighted by molar-refractivity contribution is -0.138. The van der Waals surface area contributed by atoms with Crippen LogP contribution in [0.3, 0.4) is 0 Å². The van der Waals surface area contributed by atoms with E-state index < -0.39 is 11.9 Å². The molecule has 0 saturated carbocycles. The number of aliphatic imine (C=N–C) groups is 1. The Kier molecular flexibility index (Phi) is 9.88. The molecule has 2 aromatic heterocycles. The minimum Gasteiger partial charge on any atom is -0.481 e. The number of hydrogen-bond acceptors (Lipinski definition) is 5. The van der Waals surface area contributed by atoms with Crippen LogP contribution in [0.2, 0.25) is 0 Å². The Labute approximate surface area is 261 Å². The lowest BCUT2D eigenvalue weighted by Crippen LogP contribution is -2.19. The van der Waals surface area contributed by atoms with Crippen molar-refractivity contribution >= 4 is 60.3 Å². The molecule has 2 amide bonds. The molecule has 2 aliphatic rings. The summed E-state index contributed by atoms with van der Waals surface area (Å²) in [5, 5.41) is 23.2. The van der Waals surface area contributed by atoms with Crippen molar-refractivity contribution in [1.29, 1.82) is 0 Å². The highest BCUT2D eigenvalue weighted by atomic mass is 32.1. The maximum atomic E-state index is 12.5. The Balaban J connectivity index is 1.90. The Morgan fingerprint density at radius 3 is 2.14 bits per heavy atom. The third-order valence-electron chi connectivity index (χ3n) is 8.72. The minimum atomic E-state index is -0.924. The highest BCUT2D eigenvalue weighted by Crippen LogP contribution is 2.34. The zero-order valence-electron chi connectivity index (χ0n) is 25.9. The van der Waals surface area contributed by atoms with Crippen LogP contribution in [0.1, 0.15) is 80.6 Å². The first-order valence-electron chi connectivity index (χ1n) is 14.8. The summed E-state index contributed by atoms with van der Waals surface area (Å²) in [6.07, 6.45) is 6.56. The summed E-state index contributed by atoms with van der Waals surface area (Å²) in [7, 11) is 0. The number of thiol groups is 1. The van der Waals surface area contributed by atoms with Crippen LogP contribution in [-0.4, -0.2) is 54.9 Å². The van der Waals surface area contributed by atoms with E-state index in [0.29, 0.717) is 34.1 Å². The van der Waals surface area contributed by atoms with Crippen molar-refractivity contribution in [3.63, 3.8) is 0 Å². The second-order valence-electron chi connectivity index (χ2n) is 11.6. The van der Waals surface area contributed by atoms with Gasteiger partial charge in [0, 0.05) is 63.3 Å². The van der Waals surface area contributed by atoms with Crippen molar-refractivity contribution in [2.45, 2.75) is 78.9 Å². The van der Waals surface area contributed by atoms with E-state index in [0.717, 1.165) is 39.2 Å². The van der Waals surface area contributed by atoms with Gasteiger partial charge in [0.15, 0.2) is 0 Å². The van der Waals surface area contributed by atoms with Gasteiger partial charge in [0.05, 0.1) is 5.71 Å². The average molecular weight is 621 g/mol. The first-order valence-corrected chi connectivity index (χ1v) is 15.3. The second kappa shape index (κ2) is 13.3. The van der Waals surface area contributed by atoms with Gasteiger partial charge >= 0.3 is 11.9 Å². The molecular formula is C33H40N4O6S. The van der Waals surface area contributed by atoms with Gasteiger partial charge in [-0.25, -0.2) is 4.99 Å². The number of rotatable bonds is 11. The van der Waals surface area contributed by atoms with Crippen LogP contribution in [0.4, 0.5) is 0 Å². The van der Waals surface area contributed by atoms with Crippen LogP contribution in [-0.2, 0) is 32.0 Å². The fourth-order valence-corrected chi connectivity index (χ4v) is 6.57. The molecule has 44 heavy (non-hydrogen) atoms. The van der Waals surface area contributed by atoms with E-state index in [2.05, 4.69) is 32.9 Å². The Hall–Kier alpha value is -4.12. The molecule has 0 bridgehead atoms. The molecule has 2 aromatic rings. The third-order valence-corrected chi connectivity index (χ3v) is 9.04. The molecule has 0 spiro atoms. The van der Waals surface area contributed by atoms with Crippen molar-refractivity contribution in [2.24, 2.45) is 16.8 Å².